The number of aromatic nitrogens is 2. The maximum absolute atomic E-state index is 4.58. The van der Waals surface area contributed by atoms with Crippen LogP contribution >= 0.6 is 0 Å². The molecule has 0 N–H and O–H groups in total. The van der Waals surface area contributed by atoms with Crippen LogP contribution in [0.3, 0.4) is 0 Å². The van der Waals surface area contributed by atoms with E-state index in [2.05, 4.69) is 66.1 Å². The molecule has 1 aromatic carbocycles. The second-order valence-electron chi connectivity index (χ2n) is 5.71. The molecule has 0 atom stereocenters. The van der Waals surface area contributed by atoms with Gasteiger partial charge in [-0.3, -0.25) is 4.98 Å². The lowest BCUT2D eigenvalue weighted by atomic mass is 10.0. The van der Waals surface area contributed by atoms with E-state index in [0.29, 0.717) is 0 Å². The first kappa shape index (κ1) is 12.3. The number of aryl methyl sites for hydroxylation is 2. The first-order valence-electron chi connectivity index (χ1n) is 7.27. The molecule has 0 amide bonds. The van der Waals surface area contributed by atoms with E-state index < -0.39 is 0 Å². The topological polar surface area (TPSA) is 16.8 Å². The van der Waals surface area contributed by atoms with Crippen molar-refractivity contribution in [3.63, 3.8) is 0 Å². The van der Waals surface area contributed by atoms with Crippen LogP contribution in [0.1, 0.15) is 16.7 Å². The number of pyridine rings is 2. The Morgan fingerprint density at radius 2 is 1.86 bits per heavy atom. The monoisotopic (exact) mass is 273 g/mol. The summed E-state index contributed by atoms with van der Waals surface area (Å²) in [5.41, 5.74) is 8.94. The van der Waals surface area contributed by atoms with Gasteiger partial charge in [-0.25, -0.2) is 4.57 Å². The number of hydrogen-bond acceptors (Lipinski definition) is 1. The molecule has 0 saturated carbocycles. The quantitative estimate of drug-likeness (QED) is 0.485. The first-order valence-corrected chi connectivity index (χ1v) is 7.27. The van der Waals surface area contributed by atoms with Gasteiger partial charge in [-0.1, -0.05) is 24.3 Å². The predicted octanol–water partition coefficient (Wildman–Crippen LogP) is 3.45. The van der Waals surface area contributed by atoms with Crippen molar-refractivity contribution in [3.05, 3.63) is 71.5 Å². The average molecular weight is 273 g/mol. The standard InChI is InChI=1S/C19H17N2/c1-13-6-3-4-8-16(13)18-11-17-15(12-21(18)2)10-14-7-5-9-20-19(14)17/h3-9,11-12H,10H2,1-2H3/q+1. The van der Waals surface area contributed by atoms with Crippen LogP contribution in [0.25, 0.3) is 22.5 Å². The molecule has 102 valence electrons. The van der Waals surface area contributed by atoms with Gasteiger partial charge in [0.15, 0.2) is 6.20 Å². The predicted molar refractivity (Wildman–Crippen MR) is 83.8 cm³/mol. The summed E-state index contributed by atoms with van der Waals surface area (Å²) in [7, 11) is 2.12. The minimum absolute atomic E-state index is 0.987. The molecule has 1 aliphatic rings. The summed E-state index contributed by atoms with van der Waals surface area (Å²) in [5, 5.41) is 0. The zero-order valence-corrected chi connectivity index (χ0v) is 12.3. The van der Waals surface area contributed by atoms with E-state index in [9.17, 15) is 0 Å². The molecular weight excluding hydrogens is 256 g/mol. The normalized spacial score (nSPS) is 12.1. The van der Waals surface area contributed by atoms with Crippen LogP contribution in [0.2, 0.25) is 0 Å². The third-order valence-electron chi connectivity index (χ3n) is 4.30. The van der Waals surface area contributed by atoms with E-state index >= 15 is 0 Å². The van der Waals surface area contributed by atoms with Crippen molar-refractivity contribution in [1.29, 1.82) is 0 Å². The second-order valence-corrected chi connectivity index (χ2v) is 5.71. The lowest BCUT2D eigenvalue weighted by molar-refractivity contribution is -0.660. The van der Waals surface area contributed by atoms with Gasteiger partial charge in [0.2, 0.25) is 5.69 Å². The number of rotatable bonds is 1. The molecule has 0 bridgehead atoms. The third kappa shape index (κ3) is 1.87. The van der Waals surface area contributed by atoms with Crippen molar-refractivity contribution in [2.75, 3.05) is 0 Å². The zero-order valence-electron chi connectivity index (χ0n) is 12.3. The number of benzene rings is 1. The molecule has 0 unspecified atom stereocenters. The van der Waals surface area contributed by atoms with E-state index in [1.807, 2.05) is 12.3 Å². The molecule has 0 saturated heterocycles. The maximum Gasteiger partial charge on any atom is 0.213 e. The van der Waals surface area contributed by atoms with E-state index in [4.69, 9.17) is 0 Å². The van der Waals surface area contributed by atoms with Gasteiger partial charge in [0.1, 0.15) is 7.05 Å². The minimum Gasteiger partial charge on any atom is -0.256 e. The van der Waals surface area contributed by atoms with Crippen molar-refractivity contribution in [1.82, 2.24) is 4.98 Å². The Balaban J connectivity index is 1.96. The summed E-state index contributed by atoms with van der Waals surface area (Å²) < 4.78 is 2.23. The summed E-state index contributed by atoms with van der Waals surface area (Å²) in [4.78, 5) is 4.58. The molecule has 0 fully saturated rings. The highest BCUT2D eigenvalue weighted by Crippen LogP contribution is 2.36. The zero-order chi connectivity index (χ0) is 14.4. The van der Waals surface area contributed by atoms with Crippen molar-refractivity contribution >= 4 is 0 Å². The van der Waals surface area contributed by atoms with Gasteiger partial charge in [0, 0.05) is 35.4 Å². The van der Waals surface area contributed by atoms with Crippen molar-refractivity contribution < 1.29 is 4.57 Å². The van der Waals surface area contributed by atoms with E-state index in [-0.39, 0.29) is 0 Å². The summed E-state index contributed by atoms with van der Waals surface area (Å²) in [6, 6.07) is 15.0. The highest BCUT2D eigenvalue weighted by Gasteiger charge is 2.25. The fourth-order valence-electron chi connectivity index (χ4n) is 3.22. The molecule has 2 aromatic heterocycles. The molecule has 1 aliphatic carbocycles. The summed E-state index contributed by atoms with van der Waals surface area (Å²) in [5.74, 6) is 0. The molecule has 21 heavy (non-hydrogen) atoms. The van der Waals surface area contributed by atoms with Gasteiger partial charge in [0.05, 0.1) is 5.69 Å². The molecule has 2 nitrogen and oxygen atoms in total. The number of nitrogens with zero attached hydrogens (tertiary/aromatic N) is 2. The highest BCUT2D eigenvalue weighted by molar-refractivity contribution is 5.76. The smallest absolute Gasteiger partial charge is 0.213 e. The molecule has 0 aliphatic heterocycles. The maximum atomic E-state index is 4.58. The van der Waals surface area contributed by atoms with E-state index in [0.717, 1.165) is 12.1 Å². The minimum atomic E-state index is 0.987. The van der Waals surface area contributed by atoms with Gasteiger partial charge < -0.3 is 0 Å². The van der Waals surface area contributed by atoms with Crippen LogP contribution in [-0.4, -0.2) is 4.98 Å². The fourth-order valence-corrected chi connectivity index (χ4v) is 3.22. The van der Waals surface area contributed by atoms with E-state index in [1.165, 1.54) is 33.5 Å². The first-order chi connectivity index (χ1) is 10.2. The van der Waals surface area contributed by atoms with Crippen LogP contribution in [0, 0.1) is 6.92 Å². The van der Waals surface area contributed by atoms with Gasteiger partial charge >= 0.3 is 0 Å². The molecule has 4 rings (SSSR count). The molecule has 0 radical (unpaired) electrons. The Morgan fingerprint density at radius 3 is 2.71 bits per heavy atom. The van der Waals surface area contributed by atoms with E-state index in [1.54, 1.807) is 0 Å². The van der Waals surface area contributed by atoms with Crippen LogP contribution < -0.4 is 4.57 Å². The number of hydrogen-bond donors (Lipinski definition) is 0. The van der Waals surface area contributed by atoms with Crippen molar-refractivity contribution in [2.24, 2.45) is 7.05 Å². The Hall–Kier alpha value is -2.48. The largest absolute Gasteiger partial charge is 0.256 e. The van der Waals surface area contributed by atoms with Crippen LogP contribution in [-0.2, 0) is 13.5 Å². The Labute approximate surface area is 124 Å². The molecular formula is C19H17N2+. The van der Waals surface area contributed by atoms with Crippen LogP contribution in [0.4, 0.5) is 0 Å². The van der Waals surface area contributed by atoms with Gasteiger partial charge in [0.25, 0.3) is 0 Å². The SMILES string of the molecule is Cc1ccccc1-c1cc2c(c[n+]1C)Cc1cccnc1-2. The summed E-state index contributed by atoms with van der Waals surface area (Å²) in [6.07, 6.45) is 5.12. The van der Waals surface area contributed by atoms with Gasteiger partial charge in [-0.2, -0.15) is 0 Å². The molecule has 2 heterocycles. The molecule has 2 heteroatoms. The lowest BCUT2D eigenvalue weighted by Crippen LogP contribution is -2.31. The molecule has 3 aromatic rings. The van der Waals surface area contributed by atoms with Gasteiger partial charge in [-0.15, -0.1) is 0 Å². The average Bonchev–Trinajstić information content (AvgIpc) is 2.84. The van der Waals surface area contributed by atoms with Crippen molar-refractivity contribution in [2.45, 2.75) is 13.3 Å². The Morgan fingerprint density at radius 1 is 1.00 bits per heavy atom. The summed E-state index contributed by atoms with van der Waals surface area (Å²) >= 11 is 0. The highest BCUT2D eigenvalue weighted by atomic mass is 14.9. The third-order valence-corrected chi connectivity index (χ3v) is 4.30. The van der Waals surface area contributed by atoms with Crippen molar-refractivity contribution in [3.8, 4) is 22.5 Å². The Kier molecular flexibility index (Phi) is 2.64. The van der Waals surface area contributed by atoms with Crippen LogP contribution in [0.15, 0.2) is 54.9 Å². The van der Waals surface area contributed by atoms with Crippen LogP contribution in [0.5, 0.6) is 0 Å². The molecule has 0 spiro atoms. The number of fused-ring (bicyclic) bond motifs is 3. The second kappa shape index (κ2) is 4.52. The fraction of sp³-hybridized carbons (Fsp3) is 0.158. The lowest BCUT2D eigenvalue weighted by Gasteiger charge is -2.06. The Bertz CT molecular complexity index is 850. The summed E-state index contributed by atoms with van der Waals surface area (Å²) in [6.45, 7) is 2.16. The van der Waals surface area contributed by atoms with Gasteiger partial charge in [-0.05, 0) is 30.2 Å².